The van der Waals surface area contributed by atoms with Crippen molar-refractivity contribution < 1.29 is 23.8 Å². The van der Waals surface area contributed by atoms with Crippen molar-refractivity contribution in [2.24, 2.45) is 5.92 Å². The number of pyridine rings is 1. The maximum atomic E-state index is 14.2. The van der Waals surface area contributed by atoms with Gasteiger partial charge in [-0.25, -0.2) is 14.2 Å². The van der Waals surface area contributed by atoms with Gasteiger partial charge in [-0.15, -0.1) is 0 Å². The van der Waals surface area contributed by atoms with Crippen LogP contribution in [0.4, 0.5) is 26.4 Å². The number of benzene rings is 2. The number of urea groups is 1. The van der Waals surface area contributed by atoms with Crippen LogP contribution in [-0.4, -0.2) is 47.8 Å². The minimum Gasteiger partial charge on any atom is -0.487 e. The Morgan fingerprint density at radius 2 is 1.86 bits per heavy atom. The molecule has 2 N–H and O–H groups in total. The molecule has 37 heavy (non-hydrogen) atoms. The summed E-state index contributed by atoms with van der Waals surface area (Å²) < 4.78 is 20.2. The lowest BCUT2D eigenvalue weighted by molar-refractivity contribution is -0.142. The highest BCUT2D eigenvalue weighted by atomic mass is 35.5. The van der Waals surface area contributed by atoms with Crippen LogP contribution >= 0.6 is 11.6 Å². The summed E-state index contributed by atoms with van der Waals surface area (Å²) >= 11 is 5.81. The van der Waals surface area contributed by atoms with Crippen LogP contribution < -0.4 is 19.9 Å². The maximum absolute atomic E-state index is 14.2. The van der Waals surface area contributed by atoms with Crippen molar-refractivity contribution in [3.8, 4) is 16.9 Å². The monoisotopic (exact) mass is 524 g/mol. The zero-order valence-corrected chi connectivity index (χ0v) is 20.9. The molecule has 2 aliphatic heterocycles. The first-order chi connectivity index (χ1) is 17.8. The van der Waals surface area contributed by atoms with Crippen LogP contribution in [0.2, 0.25) is 5.02 Å². The summed E-state index contributed by atoms with van der Waals surface area (Å²) in [6, 6.07) is 13.1. The Balaban J connectivity index is 1.32. The van der Waals surface area contributed by atoms with Gasteiger partial charge < -0.3 is 20.1 Å². The zero-order valence-electron chi connectivity index (χ0n) is 20.2. The molecule has 1 unspecified atom stereocenters. The number of rotatable bonds is 4. The van der Waals surface area contributed by atoms with E-state index in [9.17, 15) is 19.1 Å². The molecule has 2 aromatic carbocycles. The second-order valence-corrected chi connectivity index (χ2v) is 9.72. The third-order valence-electron chi connectivity index (χ3n) is 6.69. The Hall–Kier alpha value is -3.85. The Labute approximate surface area is 218 Å². The topological polar surface area (TPSA) is 95.0 Å². The molecule has 2 amide bonds. The molecule has 1 fully saturated rings. The molecule has 8 nitrogen and oxygen atoms in total. The third kappa shape index (κ3) is 5.32. The van der Waals surface area contributed by atoms with Gasteiger partial charge in [0.05, 0.1) is 23.8 Å². The van der Waals surface area contributed by atoms with Gasteiger partial charge in [0.25, 0.3) is 0 Å². The quantitative estimate of drug-likeness (QED) is 0.457. The fourth-order valence-corrected chi connectivity index (χ4v) is 4.84. The standard InChI is InChI=1S/C27H26ClFN4O4/c1-16-15-33(27(36)31-22-5-4-20(28)13-21(22)29)23-6-2-18(12-24(23)37-16)19-3-7-25(30-14-19)32-10-8-17(9-11-32)26(34)35/h2-7,12-14,16-17H,8-11,15H2,1H3,(H,31,36)(H,34,35). The predicted molar refractivity (Wildman–Crippen MR) is 140 cm³/mol. The Bertz CT molecular complexity index is 1330. The number of aliphatic carboxylic acids is 1. The van der Waals surface area contributed by atoms with E-state index in [1.54, 1.807) is 12.3 Å². The lowest BCUT2D eigenvalue weighted by atomic mass is 9.97. The number of fused-ring (bicyclic) bond motifs is 1. The summed E-state index contributed by atoms with van der Waals surface area (Å²) in [6.45, 7) is 3.49. The average Bonchev–Trinajstić information content (AvgIpc) is 2.89. The molecule has 10 heteroatoms. The highest BCUT2D eigenvalue weighted by Crippen LogP contribution is 2.38. The smallest absolute Gasteiger partial charge is 0.326 e. The number of halogens is 2. The fraction of sp³-hybridized carbons (Fsp3) is 0.296. The third-order valence-corrected chi connectivity index (χ3v) is 6.92. The van der Waals surface area contributed by atoms with Gasteiger partial charge in [-0.1, -0.05) is 17.7 Å². The number of anilines is 3. The Morgan fingerprint density at radius 3 is 2.54 bits per heavy atom. The number of carboxylic acids is 1. The summed E-state index contributed by atoms with van der Waals surface area (Å²) in [7, 11) is 0. The number of ether oxygens (including phenoxy) is 1. The van der Waals surface area contributed by atoms with E-state index in [-0.39, 0.29) is 22.7 Å². The summed E-state index contributed by atoms with van der Waals surface area (Å²) in [5.41, 5.74) is 2.39. The first-order valence-electron chi connectivity index (χ1n) is 12.1. The summed E-state index contributed by atoms with van der Waals surface area (Å²) in [4.78, 5) is 32.5. The number of hydrogen-bond donors (Lipinski definition) is 2. The molecular formula is C27H26ClFN4O4. The molecule has 0 saturated carbocycles. The molecule has 192 valence electrons. The predicted octanol–water partition coefficient (Wildman–Crippen LogP) is 5.66. The molecular weight excluding hydrogens is 499 g/mol. The van der Waals surface area contributed by atoms with Gasteiger partial charge in [0.1, 0.15) is 23.5 Å². The van der Waals surface area contributed by atoms with Crippen LogP contribution in [0.15, 0.2) is 54.7 Å². The lowest BCUT2D eigenvalue weighted by Gasteiger charge is -2.33. The van der Waals surface area contributed by atoms with Crippen molar-refractivity contribution in [3.05, 3.63) is 65.6 Å². The van der Waals surface area contributed by atoms with E-state index < -0.39 is 17.8 Å². The first kappa shape index (κ1) is 24.8. The van der Waals surface area contributed by atoms with E-state index in [1.165, 1.54) is 17.0 Å². The van der Waals surface area contributed by atoms with Crippen molar-refractivity contribution in [3.63, 3.8) is 0 Å². The highest BCUT2D eigenvalue weighted by molar-refractivity contribution is 6.30. The average molecular weight is 525 g/mol. The molecule has 3 heterocycles. The van der Waals surface area contributed by atoms with E-state index in [0.717, 1.165) is 23.0 Å². The molecule has 0 radical (unpaired) electrons. The largest absolute Gasteiger partial charge is 0.487 e. The number of nitrogens with zero attached hydrogens (tertiary/aromatic N) is 3. The van der Waals surface area contributed by atoms with Crippen LogP contribution in [0.25, 0.3) is 11.1 Å². The van der Waals surface area contributed by atoms with E-state index in [4.69, 9.17) is 16.3 Å². The lowest BCUT2D eigenvalue weighted by Crippen LogP contribution is -2.44. The van der Waals surface area contributed by atoms with Crippen molar-refractivity contribution >= 4 is 40.8 Å². The van der Waals surface area contributed by atoms with Gasteiger partial charge >= 0.3 is 12.0 Å². The Morgan fingerprint density at radius 1 is 1.11 bits per heavy atom. The van der Waals surface area contributed by atoms with Crippen LogP contribution in [0, 0.1) is 11.7 Å². The van der Waals surface area contributed by atoms with Crippen molar-refractivity contribution in [1.29, 1.82) is 0 Å². The van der Waals surface area contributed by atoms with E-state index in [2.05, 4.69) is 15.2 Å². The van der Waals surface area contributed by atoms with Gasteiger partial charge in [-0.2, -0.15) is 0 Å². The second-order valence-electron chi connectivity index (χ2n) is 9.28. The molecule has 0 bridgehead atoms. The number of carbonyl (C=O) groups is 2. The van der Waals surface area contributed by atoms with Crippen LogP contribution in [0.3, 0.4) is 0 Å². The van der Waals surface area contributed by atoms with E-state index in [1.807, 2.05) is 31.2 Å². The fourth-order valence-electron chi connectivity index (χ4n) is 4.69. The number of nitrogens with one attached hydrogen (secondary N) is 1. The molecule has 0 spiro atoms. The van der Waals surface area contributed by atoms with Gasteiger partial charge in [0, 0.05) is 29.9 Å². The second kappa shape index (κ2) is 10.3. The molecule has 1 atom stereocenters. The van der Waals surface area contributed by atoms with Crippen molar-refractivity contribution in [1.82, 2.24) is 4.98 Å². The van der Waals surface area contributed by atoms with E-state index in [0.29, 0.717) is 43.9 Å². The number of piperidine rings is 1. The van der Waals surface area contributed by atoms with E-state index >= 15 is 0 Å². The van der Waals surface area contributed by atoms with Crippen molar-refractivity contribution in [2.75, 3.05) is 34.8 Å². The Kier molecular flexibility index (Phi) is 6.88. The molecule has 3 aromatic rings. The highest BCUT2D eigenvalue weighted by Gasteiger charge is 2.29. The molecule has 2 aliphatic rings. The summed E-state index contributed by atoms with van der Waals surface area (Å²) in [5, 5.41) is 12.1. The normalized spacial score (nSPS) is 17.6. The molecule has 0 aliphatic carbocycles. The molecule has 1 aromatic heterocycles. The summed E-state index contributed by atoms with van der Waals surface area (Å²) in [6.07, 6.45) is 2.72. The van der Waals surface area contributed by atoms with Crippen LogP contribution in [0.1, 0.15) is 19.8 Å². The first-order valence-corrected chi connectivity index (χ1v) is 12.4. The van der Waals surface area contributed by atoms with Crippen LogP contribution in [-0.2, 0) is 4.79 Å². The van der Waals surface area contributed by atoms with Crippen molar-refractivity contribution in [2.45, 2.75) is 25.9 Å². The van der Waals surface area contributed by atoms with Crippen LogP contribution in [0.5, 0.6) is 5.75 Å². The number of hydrogen-bond acceptors (Lipinski definition) is 5. The van der Waals surface area contributed by atoms with Gasteiger partial charge in [0.2, 0.25) is 0 Å². The minimum absolute atomic E-state index is 0.0464. The zero-order chi connectivity index (χ0) is 26.1. The number of aromatic nitrogens is 1. The minimum atomic E-state index is -0.736. The maximum Gasteiger partial charge on any atom is 0.326 e. The van der Waals surface area contributed by atoms with Gasteiger partial charge in [-0.05, 0) is 67.8 Å². The van der Waals surface area contributed by atoms with Gasteiger partial charge in [0.15, 0.2) is 0 Å². The number of amides is 2. The van der Waals surface area contributed by atoms with Gasteiger partial charge in [-0.3, -0.25) is 9.69 Å². The molecule has 1 saturated heterocycles. The number of carbonyl (C=O) groups excluding carboxylic acids is 1. The SMILES string of the molecule is CC1CN(C(=O)Nc2ccc(Cl)cc2F)c2ccc(-c3ccc(N4CCC(C(=O)O)CC4)nc3)cc2O1. The molecule has 5 rings (SSSR count). The number of carboxylic acid groups (broad SMARTS) is 1. The summed E-state index contributed by atoms with van der Waals surface area (Å²) in [5.74, 6) is -0.282.